The summed E-state index contributed by atoms with van der Waals surface area (Å²) in [5.41, 5.74) is 1.70. The predicted molar refractivity (Wildman–Crippen MR) is 129 cm³/mol. The Kier molecular flexibility index (Phi) is 10.6. The second kappa shape index (κ2) is 12.1. The first-order valence-electron chi connectivity index (χ1n) is 8.87. The van der Waals surface area contributed by atoms with E-state index < -0.39 is 9.84 Å². The molecule has 0 saturated carbocycles. The Balaban J connectivity index is 0.00000420. The maximum Gasteiger partial charge on any atom is 0.261 e. The van der Waals surface area contributed by atoms with Gasteiger partial charge >= 0.3 is 0 Å². The van der Waals surface area contributed by atoms with Gasteiger partial charge in [0, 0.05) is 32.9 Å². The molecule has 29 heavy (non-hydrogen) atoms. The summed E-state index contributed by atoms with van der Waals surface area (Å²) in [7, 11) is -1.52. The minimum atomic E-state index is -3.21. The fraction of sp³-hybridized carbons (Fsp3) is 0.368. The molecule has 1 aromatic heterocycles. The summed E-state index contributed by atoms with van der Waals surface area (Å²) in [6, 6.07) is 8.94. The van der Waals surface area contributed by atoms with E-state index in [1.165, 1.54) is 17.6 Å². The van der Waals surface area contributed by atoms with Gasteiger partial charge in [-0.3, -0.25) is 9.79 Å². The lowest BCUT2D eigenvalue weighted by molar-refractivity contribution is 0.0957. The minimum absolute atomic E-state index is 0. The Morgan fingerprint density at radius 3 is 2.45 bits per heavy atom. The highest BCUT2D eigenvalue weighted by atomic mass is 127. The molecule has 2 aromatic rings. The number of nitrogens with one attached hydrogen (secondary N) is 3. The van der Waals surface area contributed by atoms with Crippen LogP contribution in [0.1, 0.15) is 27.2 Å². The number of aliphatic imine (C=N–C) groups is 1. The van der Waals surface area contributed by atoms with Gasteiger partial charge in [-0.2, -0.15) is 0 Å². The molecule has 0 aliphatic rings. The Bertz CT molecular complexity index is 929. The van der Waals surface area contributed by atoms with Gasteiger partial charge in [-0.1, -0.05) is 18.2 Å². The minimum Gasteiger partial charge on any atom is -0.356 e. The van der Waals surface area contributed by atoms with E-state index in [0.717, 1.165) is 17.5 Å². The highest BCUT2D eigenvalue weighted by Gasteiger charge is 2.11. The molecule has 0 aliphatic heterocycles. The van der Waals surface area contributed by atoms with Crippen molar-refractivity contribution in [2.45, 2.75) is 24.8 Å². The monoisotopic (exact) mass is 550 g/mol. The highest BCUT2D eigenvalue weighted by molar-refractivity contribution is 14.0. The van der Waals surface area contributed by atoms with Gasteiger partial charge in [-0.05, 0) is 42.0 Å². The van der Waals surface area contributed by atoms with Crippen LogP contribution in [0.4, 0.5) is 0 Å². The van der Waals surface area contributed by atoms with Gasteiger partial charge in [-0.15, -0.1) is 35.3 Å². The Labute approximate surface area is 193 Å². The van der Waals surface area contributed by atoms with Crippen LogP contribution in [-0.2, 0) is 16.4 Å². The standard InChI is InChI=1S/C19H26N4O3S2.HI/c1-14-12-15(7-8-17(14)28(3,25)26)13-23-19(20-2)22-10-5-9-21-18(24)16-6-4-11-27-16;/h4,6-8,11-12H,5,9-10,13H2,1-3H3,(H,21,24)(H2,20,22,23);1H. The van der Waals surface area contributed by atoms with Gasteiger partial charge in [0.05, 0.1) is 9.77 Å². The van der Waals surface area contributed by atoms with Crippen molar-refractivity contribution in [1.29, 1.82) is 0 Å². The number of hydrogen-bond donors (Lipinski definition) is 3. The molecule has 0 spiro atoms. The Morgan fingerprint density at radius 1 is 1.14 bits per heavy atom. The number of nitrogens with zero attached hydrogens (tertiary/aromatic N) is 1. The molecule has 1 heterocycles. The van der Waals surface area contributed by atoms with E-state index in [1.807, 2.05) is 17.5 Å². The number of halogens is 1. The molecule has 160 valence electrons. The smallest absolute Gasteiger partial charge is 0.261 e. The lowest BCUT2D eigenvalue weighted by atomic mass is 10.1. The van der Waals surface area contributed by atoms with Crippen LogP contribution in [0.15, 0.2) is 45.6 Å². The number of carbonyl (C=O) groups is 1. The molecule has 3 N–H and O–H groups in total. The zero-order valence-corrected chi connectivity index (χ0v) is 20.7. The summed E-state index contributed by atoms with van der Waals surface area (Å²) in [6.45, 7) is 3.56. The molecular weight excluding hydrogens is 523 g/mol. The number of aryl methyl sites for hydroxylation is 1. The number of benzene rings is 1. The fourth-order valence-electron chi connectivity index (χ4n) is 2.64. The molecule has 0 aliphatic carbocycles. The van der Waals surface area contributed by atoms with Crippen LogP contribution < -0.4 is 16.0 Å². The van der Waals surface area contributed by atoms with Crippen LogP contribution in [0.5, 0.6) is 0 Å². The molecule has 1 amide bonds. The number of hydrogen-bond acceptors (Lipinski definition) is 5. The molecular formula is C19H27IN4O3S2. The summed E-state index contributed by atoms with van der Waals surface area (Å²) in [6.07, 6.45) is 1.97. The first-order valence-corrected chi connectivity index (χ1v) is 11.6. The average Bonchev–Trinajstić information content (AvgIpc) is 3.17. The van der Waals surface area contributed by atoms with Crippen molar-refractivity contribution in [2.75, 3.05) is 26.4 Å². The van der Waals surface area contributed by atoms with Crippen LogP contribution >= 0.6 is 35.3 Å². The van der Waals surface area contributed by atoms with Crippen LogP contribution in [0.3, 0.4) is 0 Å². The van der Waals surface area contributed by atoms with E-state index in [0.29, 0.717) is 35.4 Å². The second-order valence-corrected chi connectivity index (χ2v) is 9.24. The average molecular weight is 550 g/mol. The van der Waals surface area contributed by atoms with E-state index in [4.69, 9.17) is 0 Å². The van der Waals surface area contributed by atoms with E-state index in [2.05, 4.69) is 20.9 Å². The Hall–Kier alpha value is -1.66. The summed E-state index contributed by atoms with van der Waals surface area (Å²) in [5, 5.41) is 11.1. The largest absolute Gasteiger partial charge is 0.356 e. The van der Waals surface area contributed by atoms with E-state index in [1.54, 1.807) is 32.2 Å². The quantitative estimate of drug-likeness (QED) is 0.203. The zero-order chi connectivity index (χ0) is 20.6. The van der Waals surface area contributed by atoms with Crippen LogP contribution in [0, 0.1) is 6.92 Å². The maximum atomic E-state index is 11.8. The number of thiophene rings is 1. The third-order valence-electron chi connectivity index (χ3n) is 4.00. The molecule has 0 unspecified atom stereocenters. The van der Waals surface area contributed by atoms with Crippen molar-refractivity contribution >= 4 is 57.0 Å². The summed E-state index contributed by atoms with van der Waals surface area (Å²) >= 11 is 1.42. The molecule has 7 nitrogen and oxygen atoms in total. The highest BCUT2D eigenvalue weighted by Crippen LogP contribution is 2.16. The first kappa shape index (κ1) is 25.4. The van der Waals surface area contributed by atoms with Crippen molar-refractivity contribution in [3.8, 4) is 0 Å². The van der Waals surface area contributed by atoms with Gasteiger partial charge in [0.1, 0.15) is 0 Å². The first-order chi connectivity index (χ1) is 13.3. The van der Waals surface area contributed by atoms with Gasteiger partial charge in [0.15, 0.2) is 15.8 Å². The lowest BCUT2D eigenvalue weighted by Crippen LogP contribution is -2.38. The van der Waals surface area contributed by atoms with Crippen molar-refractivity contribution < 1.29 is 13.2 Å². The molecule has 0 atom stereocenters. The molecule has 10 heteroatoms. The van der Waals surface area contributed by atoms with E-state index in [9.17, 15) is 13.2 Å². The number of rotatable bonds is 8. The van der Waals surface area contributed by atoms with Gasteiger partial charge in [0.25, 0.3) is 5.91 Å². The maximum absolute atomic E-state index is 11.8. The predicted octanol–water partition coefficient (Wildman–Crippen LogP) is 2.56. The van der Waals surface area contributed by atoms with Gasteiger partial charge < -0.3 is 16.0 Å². The van der Waals surface area contributed by atoms with Crippen LogP contribution in [-0.4, -0.2) is 46.7 Å². The number of sulfone groups is 1. The van der Waals surface area contributed by atoms with Crippen molar-refractivity contribution in [3.05, 3.63) is 51.7 Å². The molecule has 2 rings (SSSR count). The fourth-order valence-corrected chi connectivity index (χ4v) is 4.23. The molecule has 0 saturated heterocycles. The Morgan fingerprint density at radius 2 is 1.86 bits per heavy atom. The van der Waals surface area contributed by atoms with E-state index >= 15 is 0 Å². The number of carbonyl (C=O) groups excluding carboxylic acids is 1. The zero-order valence-electron chi connectivity index (χ0n) is 16.7. The van der Waals surface area contributed by atoms with Crippen molar-refractivity contribution in [2.24, 2.45) is 4.99 Å². The third kappa shape index (κ3) is 8.31. The van der Waals surface area contributed by atoms with Crippen LogP contribution in [0.2, 0.25) is 0 Å². The number of amides is 1. The molecule has 0 radical (unpaired) electrons. The van der Waals surface area contributed by atoms with Crippen LogP contribution in [0.25, 0.3) is 0 Å². The SMILES string of the molecule is CN=C(NCCCNC(=O)c1cccs1)NCc1ccc(S(C)(=O)=O)c(C)c1.I. The molecule has 0 fully saturated rings. The second-order valence-electron chi connectivity index (χ2n) is 6.31. The lowest BCUT2D eigenvalue weighted by Gasteiger charge is -2.13. The topological polar surface area (TPSA) is 99.7 Å². The van der Waals surface area contributed by atoms with Gasteiger partial charge in [-0.25, -0.2) is 8.42 Å². The van der Waals surface area contributed by atoms with E-state index in [-0.39, 0.29) is 29.9 Å². The molecule has 0 bridgehead atoms. The van der Waals surface area contributed by atoms with Crippen molar-refractivity contribution in [1.82, 2.24) is 16.0 Å². The summed E-state index contributed by atoms with van der Waals surface area (Å²) < 4.78 is 23.4. The normalized spacial score (nSPS) is 11.5. The van der Waals surface area contributed by atoms with Gasteiger partial charge in [0.2, 0.25) is 0 Å². The van der Waals surface area contributed by atoms with Crippen molar-refractivity contribution in [3.63, 3.8) is 0 Å². The summed E-state index contributed by atoms with van der Waals surface area (Å²) in [4.78, 5) is 17.1. The summed E-state index contributed by atoms with van der Waals surface area (Å²) in [5.74, 6) is 0.597. The third-order valence-corrected chi connectivity index (χ3v) is 6.12. The number of guanidine groups is 1. The molecule has 1 aromatic carbocycles.